The van der Waals surface area contributed by atoms with Crippen LogP contribution in [-0.2, 0) is 6.54 Å². The van der Waals surface area contributed by atoms with E-state index >= 15 is 0 Å². The lowest BCUT2D eigenvalue weighted by Crippen LogP contribution is -2.18. The maximum absolute atomic E-state index is 11.9. The molecule has 1 aromatic rings. The van der Waals surface area contributed by atoms with Gasteiger partial charge < -0.3 is 9.30 Å². The topological polar surface area (TPSA) is 55.0 Å². The summed E-state index contributed by atoms with van der Waals surface area (Å²) in [5.74, 6) is 0.636. The van der Waals surface area contributed by atoms with Crippen molar-refractivity contribution in [1.29, 1.82) is 5.26 Å². The zero-order valence-corrected chi connectivity index (χ0v) is 13.0. The van der Waals surface area contributed by atoms with Gasteiger partial charge in [-0.05, 0) is 12.3 Å². The van der Waals surface area contributed by atoms with Crippen LogP contribution in [-0.4, -0.2) is 11.2 Å². The smallest absolute Gasteiger partial charge is 0.224 e. The van der Waals surface area contributed by atoms with Crippen LogP contribution in [0.3, 0.4) is 0 Å². The lowest BCUT2D eigenvalue weighted by atomic mass is 9.99. The summed E-state index contributed by atoms with van der Waals surface area (Å²) in [6, 6.07) is 3.57. The molecule has 1 atom stereocenters. The number of nitriles is 1. The highest BCUT2D eigenvalue weighted by Gasteiger charge is 2.15. The number of unbranched alkanes of at least 4 members (excludes halogenated alkanes) is 1. The number of aromatic nitrogens is 1. The van der Waals surface area contributed by atoms with Gasteiger partial charge in [-0.15, -0.1) is 0 Å². The first-order chi connectivity index (χ1) is 10.2. The molecule has 114 valence electrons. The van der Waals surface area contributed by atoms with E-state index < -0.39 is 0 Å². The van der Waals surface area contributed by atoms with Crippen LogP contribution in [0.5, 0.6) is 5.75 Å². The molecule has 1 heterocycles. The summed E-state index contributed by atoms with van der Waals surface area (Å²) >= 11 is 0. The van der Waals surface area contributed by atoms with Crippen LogP contribution in [0.4, 0.5) is 0 Å². The van der Waals surface area contributed by atoms with E-state index in [0.29, 0.717) is 11.6 Å². The Labute approximate surface area is 126 Å². The van der Waals surface area contributed by atoms with E-state index in [-0.39, 0.29) is 17.8 Å². The number of rotatable bonds is 9. The van der Waals surface area contributed by atoms with Crippen LogP contribution in [0, 0.1) is 17.2 Å². The van der Waals surface area contributed by atoms with Crippen molar-refractivity contribution in [3.05, 3.63) is 40.8 Å². The minimum absolute atomic E-state index is 0.130. The predicted molar refractivity (Wildman–Crippen MR) is 84.4 cm³/mol. The van der Waals surface area contributed by atoms with Gasteiger partial charge in [0.2, 0.25) is 11.2 Å². The molecule has 4 heteroatoms. The van der Waals surface area contributed by atoms with Gasteiger partial charge in [0, 0.05) is 18.8 Å². The molecule has 1 unspecified atom stereocenters. The Morgan fingerprint density at radius 2 is 2.29 bits per heavy atom. The monoisotopic (exact) mass is 288 g/mol. The van der Waals surface area contributed by atoms with Gasteiger partial charge in [0.25, 0.3) is 0 Å². The molecule has 0 aliphatic heterocycles. The summed E-state index contributed by atoms with van der Waals surface area (Å²) in [5, 5.41) is 9.37. The maximum Gasteiger partial charge on any atom is 0.224 e. The van der Waals surface area contributed by atoms with Crippen LogP contribution >= 0.6 is 0 Å². The van der Waals surface area contributed by atoms with Crippen LogP contribution in [0.15, 0.2) is 29.7 Å². The summed E-state index contributed by atoms with van der Waals surface area (Å²) in [6.07, 6.45) is 7.79. The highest BCUT2D eigenvalue weighted by atomic mass is 16.5. The maximum atomic E-state index is 11.9. The Morgan fingerprint density at radius 1 is 1.52 bits per heavy atom. The van der Waals surface area contributed by atoms with Crippen LogP contribution in [0.25, 0.3) is 0 Å². The fourth-order valence-corrected chi connectivity index (χ4v) is 2.30. The van der Waals surface area contributed by atoms with Crippen molar-refractivity contribution in [1.82, 2.24) is 4.57 Å². The zero-order chi connectivity index (χ0) is 15.7. The molecule has 0 fully saturated rings. The van der Waals surface area contributed by atoms with Crippen molar-refractivity contribution >= 4 is 0 Å². The largest absolute Gasteiger partial charge is 0.483 e. The molecular formula is C17H24N2O2. The van der Waals surface area contributed by atoms with Gasteiger partial charge in [-0.3, -0.25) is 4.79 Å². The first-order valence-electron chi connectivity index (χ1n) is 7.55. The highest BCUT2D eigenvalue weighted by Crippen LogP contribution is 2.19. The van der Waals surface area contributed by atoms with E-state index in [1.165, 1.54) is 18.9 Å². The number of ether oxygens (including phenoxy) is 1. The molecule has 1 aromatic heterocycles. The van der Waals surface area contributed by atoms with E-state index in [9.17, 15) is 10.1 Å². The van der Waals surface area contributed by atoms with Gasteiger partial charge in [0.15, 0.2) is 5.69 Å². The van der Waals surface area contributed by atoms with Crippen molar-refractivity contribution < 1.29 is 4.74 Å². The Balaban J connectivity index is 3.04. The minimum atomic E-state index is -0.258. The van der Waals surface area contributed by atoms with Crippen LogP contribution in [0.1, 0.15) is 45.2 Å². The molecule has 0 aliphatic carbocycles. The van der Waals surface area contributed by atoms with E-state index in [0.717, 1.165) is 19.4 Å². The normalized spacial score (nSPS) is 11.7. The first-order valence-corrected chi connectivity index (χ1v) is 7.55. The van der Waals surface area contributed by atoms with Gasteiger partial charge in [-0.2, -0.15) is 5.26 Å². The Hall–Kier alpha value is -2.02. The quantitative estimate of drug-likeness (QED) is 0.653. The average Bonchev–Trinajstić information content (AvgIpc) is 2.51. The highest BCUT2D eigenvalue weighted by molar-refractivity contribution is 5.38. The predicted octanol–water partition coefficient (Wildman–Crippen LogP) is 3.50. The molecule has 0 spiro atoms. The fraction of sp³-hybridized carbons (Fsp3) is 0.529. The second kappa shape index (κ2) is 9.02. The third kappa shape index (κ3) is 4.78. The fourth-order valence-electron chi connectivity index (χ4n) is 2.30. The zero-order valence-electron chi connectivity index (χ0n) is 13.0. The summed E-state index contributed by atoms with van der Waals surface area (Å²) < 4.78 is 7.21. The van der Waals surface area contributed by atoms with Gasteiger partial charge in [0.05, 0.1) is 0 Å². The van der Waals surface area contributed by atoms with Crippen LogP contribution in [0.2, 0.25) is 0 Å². The van der Waals surface area contributed by atoms with E-state index in [1.807, 2.05) is 4.57 Å². The van der Waals surface area contributed by atoms with Gasteiger partial charge in [0.1, 0.15) is 12.7 Å². The molecule has 0 aromatic carbocycles. The number of hydrogen-bond donors (Lipinski definition) is 0. The van der Waals surface area contributed by atoms with E-state index in [1.54, 1.807) is 12.3 Å². The van der Waals surface area contributed by atoms with Crippen molar-refractivity contribution in [2.45, 2.75) is 46.1 Å². The molecular weight excluding hydrogens is 264 g/mol. The van der Waals surface area contributed by atoms with Crippen molar-refractivity contribution in [3.8, 4) is 11.8 Å². The minimum Gasteiger partial charge on any atom is -0.483 e. The molecule has 4 nitrogen and oxygen atoms in total. The summed E-state index contributed by atoms with van der Waals surface area (Å²) in [4.78, 5) is 11.9. The third-order valence-electron chi connectivity index (χ3n) is 3.58. The van der Waals surface area contributed by atoms with Crippen molar-refractivity contribution in [2.24, 2.45) is 5.92 Å². The van der Waals surface area contributed by atoms with Gasteiger partial charge in [-0.1, -0.05) is 45.8 Å². The Morgan fingerprint density at radius 3 is 2.86 bits per heavy atom. The van der Waals surface area contributed by atoms with Crippen molar-refractivity contribution in [2.75, 3.05) is 6.61 Å². The number of hydrogen-bond acceptors (Lipinski definition) is 3. The summed E-state index contributed by atoms with van der Waals surface area (Å²) in [5.41, 5.74) is 0.0468. The third-order valence-corrected chi connectivity index (χ3v) is 3.58. The van der Waals surface area contributed by atoms with Gasteiger partial charge >= 0.3 is 0 Å². The molecule has 0 N–H and O–H groups in total. The molecule has 0 saturated carbocycles. The van der Waals surface area contributed by atoms with E-state index in [4.69, 9.17) is 4.74 Å². The Bertz CT molecular complexity index is 555. The molecule has 0 bridgehead atoms. The number of nitrogens with zero attached hydrogens (tertiary/aromatic N) is 2. The van der Waals surface area contributed by atoms with E-state index in [2.05, 4.69) is 26.5 Å². The number of pyridine rings is 1. The molecule has 0 saturated heterocycles. The Kier molecular flexibility index (Phi) is 7.31. The lowest BCUT2D eigenvalue weighted by Gasteiger charge is -2.19. The second-order valence-corrected chi connectivity index (χ2v) is 5.14. The van der Waals surface area contributed by atoms with Crippen LogP contribution < -0.4 is 10.2 Å². The molecule has 1 rings (SSSR count). The molecule has 0 radical (unpaired) electrons. The SMILES string of the molecule is C=CCOc1c(C#N)n(CC(CC)CCCC)ccc1=O. The standard InChI is InChI=1S/C17H24N2O2/c1-4-7-8-14(6-3)13-19-10-9-16(20)17(15(19)12-18)21-11-5-2/h5,9-10,14H,2,4,6-8,11,13H2,1,3H3. The average molecular weight is 288 g/mol. The molecule has 0 aliphatic rings. The summed E-state index contributed by atoms with van der Waals surface area (Å²) in [6.45, 7) is 8.86. The lowest BCUT2D eigenvalue weighted by molar-refractivity contribution is 0.345. The molecule has 21 heavy (non-hydrogen) atoms. The summed E-state index contributed by atoms with van der Waals surface area (Å²) in [7, 11) is 0. The molecule has 0 amide bonds. The van der Waals surface area contributed by atoms with Crippen molar-refractivity contribution in [3.63, 3.8) is 0 Å². The van der Waals surface area contributed by atoms with Gasteiger partial charge in [-0.25, -0.2) is 0 Å². The first kappa shape index (κ1) is 17.0. The second-order valence-electron chi connectivity index (χ2n) is 5.14.